The Morgan fingerprint density at radius 3 is 2.15 bits per heavy atom. The molecular formula is C22H26N2O2. The molecule has 0 unspecified atom stereocenters. The van der Waals surface area contributed by atoms with Crippen molar-refractivity contribution in [2.24, 2.45) is 5.92 Å². The van der Waals surface area contributed by atoms with Gasteiger partial charge in [0.1, 0.15) is 0 Å². The number of rotatable bonds is 5. The predicted molar refractivity (Wildman–Crippen MR) is 104 cm³/mol. The molecule has 1 aliphatic carbocycles. The zero-order chi connectivity index (χ0) is 18.4. The molecule has 4 nitrogen and oxygen atoms in total. The van der Waals surface area contributed by atoms with E-state index in [0.29, 0.717) is 5.56 Å². The molecule has 0 aromatic heterocycles. The zero-order valence-electron chi connectivity index (χ0n) is 15.2. The first kappa shape index (κ1) is 18.2. The van der Waals surface area contributed by atoms with E-state index in [1.165, 1.54) is 0 Å². The van der Waals surface area contributed by atoms with Crippen LogP contribution in [0.5, 0.6) is 0 Å². The summed E-state index contributed by atoms with van der Waals surface area (Å²) < 4.78 is 0. The Morgan fingerprint density at radius 1 is 0.885 bits per heavy atom. The second kappa shape index (κ2) is 8.65. The molecule has 2 amide bonds. The van der Waals surface area contributed by atoms with Crippen LogP contribution in [0.25, 0.3) is 11.1 Å². The molecule has 3 rings (SSSR count). The fourth-order valence-electron chi connectivity index (χ4n) is 3.39. The van der Waals surface area contributed by atoms with Gasteiger partial charge >= 0.3 is 0 Å². The Labute approximate surface area is 155 Å². The van der Waals surface area contributed by atoms with Crippen LogP contribution in [-0.2, 0) is 4.79 Å². The van der Waals surface area contributed by atoms with Crippen molar-refractivity contribution in [3.8, 4) is 11.1 Å². The first-order chi connectivity index (χ1) is 12.6. The molecule has 2 aromatic rings. The average molecular weight is 350 g/mol. The molecule has 2 aromatic carbocycles. The van der Waals surface area contributed by atoms with Crippen LogP contribution in [-0.4, -0.2) is 24.4 Å². The van der Waals surface area contributed by atoms with Gasteiger partial charge in [-0.15, -0.1) is 0 Å². The minimum Gasteiger partial charge on any atom is -0.352 e. The number of hydrogen-bond donors (Lipinski definition) is 2. The van der Waals surface area contributed by atoms with E-state index in [1.807, 2.05) is 42.5 Å². The van der Waals surface area contributed by atoms with Gasteiger partial charge in [-0.3, -0.25) is 9.59 Å². The molecule has 0 aliphatic heterocycles. The highest BCUT2D eigenvalue weighted by atomic mass is 16.2. The van der Waals surface area contributed by atoms with E-state index in [2.05, 4.69) is 17.6 Å². The highest BCUT2D eigenvalue weighted by Crippen LogP contribution is 2.23. The summed E-state index contributed by atoms with van der Waals surface area (Å²) >= 11 is 0. The van der Waals surface area contributed by atoms with Gasteiger partial charge in [-0.1, -0.05) is 49.4 Å². The van der Waals surface area contributed by atoms with Crippen LogP contribution >= 0.6 is 0 Å². The second-order valence-electron chi connectivity index (χ2n) is 7.15. The molecule has 26 heavy (non-hydrogen) atoms. The van der Waals surface area contributed by atoms with Gasteiger partial charge in [-0.05, 0) is 54.9 Å². The minimum absolute atomic E-state index is 0.0192. The third-order valence-electron chi connectivity index (χ3n) is 5.04. The molecule has 1 fully saturated rings. The maximum absolute atomic E-state index is 12.2. The molecule has 136 valence electrons. The predicted octanol–water partition coefficient (Wildman–Crippen LogP) is 3.78. The molecular weight excluding hydrogens is 324 g/mol. The molecule has 0 bridgehead atoms. The molecule has 0 saturated heterocycles. The summed E-state index contributed by atoms with van der Waals surface area (Å²) in [6, 6.07) is 17.7. The van der Waals surface area contributed by atoms with Crippen molar-refractivity contribution in [2.45, 2.75) is 38.6 Å². The second-order valence-corrected chi connectivity index (χ2v) is 7.15. The van der Waals surface area contributed by atoms with E-state index in [0.717, 1.165) is 42.7 Å². The lowest BCUT2D eigenvalue weighted by atomic mass is 9.87. The van der Waals surface area contributed by atoms with Crippen LogP contribution in [0.2, 0.25) is 0 Å². The van der Waals surface area contributed by atoms with Gasteiger partial charge in [0.25, 0.3) is 5.91 Å². The van der Waals surface area contributed by atoms with Gasteiger partial charge < -0.3 is 10.6 Å². The Kier molecular flexibility index (Phi) is 6.05. The largest absolute Gasteiger partial charge is 0.352 e. The highest BCUT2D eigenvalue weighted by Gasteiger charge is 2.19. The topological polar surface area (TPSA) is 58.2 Å². The molecule has 0 heterocycles. The normalized spacial score (nSPS) is 19.6. The quantitative estimate of drug-likeness (QED) is 0.862. The SMILES string of the molecule is CC1CCC(NC(=O)CNC(=O)c2ccc(-c3ccccc3)cc2)CC1. The van der Waals surface area contributed by atoms with E-state index >= 15 is 0 Å². The number of amides is 2. The Bertz CT molecular complexity index is 732. The Hall–Kier alpha value is -2.62. The average Bonchev–Trinajstić information content (AvgIpc) is 2.69. The van der Waals surface area contributed by atoms with E-state index in [9.17, 15) is 9.59 Å². The summed E-state index contributed by atoms with van der Waals surface area (Å²) in [7, 11) is 0. The molecule has 1 saturated carbocycles. The summed E-state index contributed by atoms with van der Waals surface area (Å²) in [5.74, 6) is 0.414. The summed E-state index contributed by atoms with van der Waals surface area (Å²) in [5.41, 5.74) is 2.73. The monoisotopic (exact) mass is 350 g/mol. The van der Waals surface area contributed by atoms with E-state index in [-0.39, 0.29) is 24.4 Å². The number of hydrogen-bond acceptors (Lipinski definition) is 2. The fourth-order valence-corrected chi connectivity index (χ4v) is 3.39. The third-order valence-corrected chi connectivity index (χ3v) is 5.04. The van der Waals surface area contributed by atoms with Gasteiger partial charge in [0.15, 0.2) is 0 Å². The van der Waals surface area contributed by atoms with Crippen molar-refractivity contribution in [2.75, 3.05) is 6.54 Å². The molecule has 2 N–H and O–H groups in total. The first-order valence-corrected chi connectivity index (χ1v) is 9.35. The van der Waals surface area contributed by atoms with Crippen LogP contribution in [0.15, 0.2) is 54.6 Å². The van der Waals surface area contributed by atoms with Crippen LogP contribution in [0.3, 0.4) is 0 Å². The standard InChI is InChI=1S/C22H26N2O2/c1-16-7-13-20(14-8-16)24-21(25)15-23-22(26)19-11-9-18(10-12-19)17-5-3-2-4-6-17/h2-6,9-12,16,20H,7-8,13-15H2,1H3,(H,23,26)(H,24,25). The van der Waals surface area contributed by atoms with Gasteiger partial charge in [-0.25, -0.2) is 0 Å². The highest BCUT2D eigenvalue weighted by molar-refractivity contribution is 5.96. The van der Waals surface area contributed by atoms with E-state index in [4.69, 9.17) is 0 Å². The number of carbonyl (C=O) groups excluding carboxylic acids is 2. The fraction of sp³-hybridized carbons (Fsp3) is 0.364. The van der Waals surface area contributed by atoms with Gasteiger partial charge in [0, 0.05) is 11.6 Å². The Balaban J connectivity index is 1.48. The van der Waals surface area contributed by atoms with Crippen molar-refractivity contribution in [3.63, 3.8) is 0 Å². The van der Waals surface area contributed by atoms with Crippen molar-refractivity contribution in [1.82, 2.24) is 10.6 Å². The smallest absolute Gasteiger partial charge is 0.251 e. The maximum Gasteiger partial charge on any atom is 0.251 e. The van der Waals surface area contributed by atoms with E-state index in [1.54, 1.807) is 12.1 Å². The minimum atomic E-state index is -0.225. The molecule has 0 spiro atoms. The maximum atomic E-state index is 12.2. The molecule has 4 heteroatoms. The zero-order valence-corrected chi connectivity index (χ0v) is 15.2. The van der Waals surface area contributed by atoms with Crippen LogP contribution < -0.4 is 10.6 Å². The molecule has 0 radical (unpaired) electrons. The first-order valence-electron chi connectivity index (χ1n) is 9.35. The lowest BCUT2D eigenvalue weighted by Crippen LogP contribution is -2.43. The van der Waals surface area contributed by atoms with Crippen LogP contribution in [0.4, 0.5) is 0 Å². The molecule has 0 atom stereocenters. The summed E-state index contributed by atoms with van der Waals surface area (Å²) in [5, 5.41) is 5.73. The van der Waals surface area contributed by atoms with Crippen LogP contribution in [0, 0.1) is 5.92 Å². The third kappa shape index (κ3) is 4.94. The van der Waals surface area contributed by atoms with Gasteiger partial charge in [0.2, 0.25) is 5.91 Å². The van der Waals surface area contributed by atoms with Gasteiger partial charge in [-0.2, -0.15) is 0 Å². The van der Waals surface area contributed by atoms with Crippen molar-refractivity contribution in [1.29, 1.82) is 0 Å². The molecule has 1 aliphatic rings. The van der Waals surface area contributed by atoms with Crippen molar-refractivity contribution >= 4 is 11.8 Å². The van der Waals surface area contributed by atoms with Gasteiger partial charge in [0.05, 0.1) is 6.54 Å². The summed E-state index contributed by atoms with van der Waals surface area (Å²) in [4.78, 5) is 24.3. The number of carbonyl (C=O) groups is 2. The Morgan fingerprint density at radius 2 is 1.50 bits per heavy atom. The van der Waals surface area contributed by atoms with Crippen molar-refractivity contribution < 1.29 is 9.59 Å². The lowest BCUT2D eigenvalue weighted by molar-refractivity contribution is -0.121. The van der Waals surface area contributed by atoms with Crippen LogP contribution in [0.1, 0.15) is 43.0 Å². The lowest BCUT2D eigenvalue weighted by Gasteiger charge is -2.26. The number of nitrogens with one attached hydrogen (secondary N) is 2. The van der Waals surface area contributed by atoms with Crippen molar-refractivity contribution in [3.05, 3.63) is 60.2 Å². The number of benzene rings is 2. The summed E-state index contributed by atoms with van der Waals surface area (Å²) in [6.07, 6.45) is 4.37. The van der Waals surface area contributed by atoms with E-state index < -0.39 is 0 Å². The summed E-state index contributed by atoms with van der Waals surface area (Å²) in [6.45, 7) is 2.27.